The van der Waals surface area contributed by atoms with E-state index in [1.165, 1.54) is 18.2 Å². The summed E-state index contributed by atoms with van der Waals surface area (Å²) in [5, 5.41) is 3.63. The van der Waals surface area contributed by atoms with E-state index in [0.717, 1.165) is 12.8 Å². The molecule has 0 radical (unpaired) electrons. The number of hydrogen-bond donors (Lipinski definition) is 1. The Bertz CT molecular complexity index is 432. The normalized spacial score (nSPS) is 16.7. The number of carbonyl (C=O) groups is 1. The van der Waals surface area contributed by atoms with Gasteiger partial charge in [-0.3, -0.25) is 4.79 Å². The summed E-state index contributed by atoms with van der Waals surface area (Å²) >= 11 is 1.46. The van der Waals surface area contributed by atoms with Gasteiger partial charge >= 0.3 is 0 Å². The van der Waals surface area contributed by atoms with Gasteiger partial charge in [0.15, 0.2) is 5.16 Å². The fraction of sp³-hybridized carbons (Fsp3) is 0.615. The fourth-order valence-electron chi connectivity index (χ4n) is 2.26. The first-order chi connectivity index (χ1) is 9.19. The van der Waals surface area contributed by atoms with Crippen LogP contribution < -0.4 is 5.32 Å². The number of thioether (sulfide) groups is 1. The van der Waals surface area contributed by atoms with E-state index in [1.54, 1.807) is 19.5 Å². The molecule has 1 amide bonds. The lowest BCUT2D eigenvalue weighted by atomic mass is 9.69. The Labute approximate surface area is 117 Å². The van der Waals surface area contributed by atoms with E-state index >= 15 is 0 Å². The Hall–Kier alpha value is -1.14. The molecule has 1 fully saturated rings. The molecule has 0 aromatic carbocycles. The minimum Gasteiger partial charge on any atom is -0.384 e. The molecule has 2 rings (SSSR count). The third-order valence-electron chi connectivity index (χ3n) is 3.56. The van der Waals surface area contributed by atoms with Gasteiger partial charge in [-0.25, -0.2) is 9.97 Å². The van der Waals surface area contributed by atoms with Crippen molar-refractivity contribution in [3.05, 3.63) is 18.0 Å². The van der Waals surface area contributed by atoms with Crippen LogP contribution in [0.4, 0.5) is 0 Å². The molecule has 6 heteroatoms. The summed E-state index contributed by atoms with van der Waals surface area (Å²) in [6.45, 7) is 1.36. The fourth-order valence-corrected chi connectivity index (χ4v) is 2.58. The molecule has 19 heavy (non-hydrogen) atoms. The number of rotatable bonds is 6. The monoisotopic (exact) mass is 281 g/mol. The van der Waals surface area contributed by atoms with Gasteiger partial charge in [0.2, 0.25) is 0 Å². The van der Waals surface area contributed by atoms with Gasteiger partial charge in [0, 0.05) is 31.5 Å². The molecule has 1 saturated carbocycles. The maximum atomic E-state index is 12.0. The maximum Gasteiger partial charge on any atom is 0.254 e. The maximum absolute atomic E-state index is 12.0. The van der Waals surface area contributed by atoms with Gasteiger partial charge in [0.1, 0.15) is 0 Å². The largest absolute Gasteiger partial charge is 0.384 e. The van der Waals surface area contributed by atoms with E-state index in [1.807, 2.05) is 6.26 Å². The summed E-state index contributed by atoms with van der Waals surface area (Å²) in [4.78, 5) is 20.2. The first-order valence-corrected chi connectivity index (χ1v) is 7.55. The van der Waals surface area contributed by atoms with Crippen LogP contribution in [0.15, 0.2) is 17.6 Å². The zero-order valence-corrected chi connectivity index (χ0v) is 12.1. The molecule has 0 saturated heterocycles. The van der Waals surface area contributed by atoms with Crippen LogP contribution in [-0.4, -0.2) is 42.4 Å². The molecule has 5 nitrogen and oxygen atoms in total. The summed E-state index contributed by atoms with van der Waals surface area (Å²) in [5.74, 6) is -0.116. The molecule has 1 aliphatic carbocycles. The van der Waals surface area contributed by atoms with Crippen molar-refractivity contribution in [2.45, 2.75) is 24.4 Å². The standard InChI is InChI=1S/C13H19N3O2S/c1-18-9-13(4-3-5-13)8-16-11(17)10-6-14-12(19-2)15-7-10/h6-7H,3-5,8-9H2,1-2H3,(H,16,17). The summed E-state index contributed by atoms with van der Waals surface area (Å²) in [6, 6.07) is 0. The number of carbonyl (C=O) groups excluding carboxylic acids is 1. The van der Waals surface area contributed by atoms with Crippen molar-refractivity contribution < 1.29 is 9.53 Å². The number of hydrogen-bond acceptors (Lipinski definition) is 5. The Balaban J connectivity index is 1.89. The highest BCUT2D eigenvalue weighted by Crippen LogP contribution is 2.40. The van der Waals surface area contributed by atoms with Crippen LogP contribution >= 0.6 is 11.8 Å². The smallest absolute Gasteiger partial charge is 0.254 e. The Kier molecular flexibility index (Phi) is 4.76. The van der Waals surface area contributed by atoms with Crippen LogP contribution in [-0.2, 0) is 4.74 Å². The summed E-state index contributed by atoms with van der Waals surface area (Å²) in [6.07, 6.45) is 8.48. The summed E-state index contributed by atoms with van der Waals surface area (Å²) in [5.41, 5.74) is 0.634. The van der Waals surface area contributed by atoms with E-state index in [-0.39, 0.29) is 11.3 Å². The molecule has 1 aromatic rings. The second-order valence-corrected chi connectivity index (χ2v) is 5.70. The summed E-state index contributed by atoms with van der Waals surface area (Å²) < 4.78 is 5.24. The molecule has 0 atom stereocenters. The van der Waals surface area contributed by atoms with E-state index in [0.29, 0.717) is 23.9 Å². The minimum absolute atomic E-state index is 0.116. The molecule has 104 valence electrons. The number of nitrogens with zero attached hydrogens (tertiary/aromatic N) is 2. The van der Waals surface area contributed by atoms with E-state index in [2.05, 4.69) is 15.3 Å². The van der Waals surface area contributed by atoms with Gasteiger partial charge in [-0.1, -0.05) is 18.2 Å². The number of aromatic nitrogens is 2. The highest BCUT2D eigenvalue weighted by molar-refractivity contribution is 7.98. The quantitative estimate of drug-likeness (QED) is 0.635. The highest BCUT2D eigenvalue weighted by atomic mass is 32.2. The third-order valence-corrected chi connectivity index (χ3v) is 4.14. The predicted octanol–water partition coefficient (Wildman–Crippen LogP) is 1.74. The van der Waals surface area contributed by atoms with Gasteiger partial charge < -0.3 is 10.1 Å². The molecule has 0 spiro atoms. The predicted molar refractivity (Wildman–Crippen MR) is 74.3 cm³/mol. The molecule has 1 aliphatic rings. The van der Waals surface area contributed by atoms with Crippen molar-refractivity contribution in [2.75, 3.05) is 26.5 Å². The second kappa shape index (κ2) is 6.34. The topological polar surface area (TPSA) is 64.1 Å². The van der Waals surface area contributed by atoms with Crippen molar-refractivity contribution in [1.82, 2.24) is 15.3 Å². The SMILES string of the molecule is COCC1(CNC(=O)c2cnc(SC)nc2)CCC1. The third kappa shape index (κ3) is 3.45. The highest BCUT2D eigenvalue weighted by Gasteiger charge is 2.37. The zero-order chi connectivity index (χ0) is 13.7. The van der Waals surface area contributed by atoms with Crippen LogP contribution in [0.25, 0.3) is 0 Å². The zero-order valence-electron chi connectivity index (χ0n) is 11.3. The lowest BCUT2D eigenvalue weighted by Crippen LogP contribution is -2.45. The van der Waals surface area contributed by atoms with Crippen LogP contribution in [0, 0.1) is 5.41 Å². The number of nitrogens with one attached hydrogen (secondary N) is 1. The molecule has 0 unspecified atom stereocenters. The van der Waals surface area contributed by atoms with E-state index < -0.39 is 0 Å². The van der Waals surface area contributed by atoms with Gasteiger partial charge in [0.05, 0.1) is 12.2 Å². The van der Waals surface area contributed by atoms with Crippen molar-refractivity contribution in [3.8, 4) is 0 Å². The van der Waals surface area contributed by atoms with E-state index in [4.69, 9.17) is 4.74 Å². The lowest BCUT2D eigenvalue weighted by Gasteiger charge is -2.41. The number of amides is 1. The molecule has 1 heterocycles. The van der Waals surface area contributed by atoms with Crippen molar-refractivity contribution in [3.63, 3.8) is 0 Å². The average molecular weight is 281 g/mol. The second-order valence-electron chi connectivity index (χ2n) is 4.93. The first kappa shape index (κ1) is 14.3. The Morgan fingerprint density at radius 1 is 1.47 bits per heavy atom. The number of methoxy groups -OCH3 is 1. The Morgan fingerprint density at radius 2 is 2.16 bits per heavy atom. The van der Waals surface area contributed by atoms with Gasteiger partial charge in [-0.2, -0.15) is 0 Å². The first-order valence-electron chi connectivity index (χ1n) is 6.32. The average Bonchev–Trinajstić information content (AvgIpc) is 2.41. The Morgan fingerprint density at radius 3 is 2.63 bits per heavy atom. The van der Waals surface area contributed by atoms with Gasteiger partial charge in [0.25, 0.3) is 5.91 Å². The molecule has 0 bridgehead atoms. The van der Waals surface area contributed by atoms with Crippen LogP contribution in [0.5, 0.6) is 0 Å². The van der Waals surface area contributed by atoms with Gasteiger partial charge in [-0.05, 0) is 19.1 Å². The molecular formula is C13H19N3O2S. The lowest BCUT2D eigenvalue weighted by molar-refractivity contribution is 0.0180. The van der Waals surface area contributed by atoms with Gasteiger partial charge in [-0.15, -0.1) is 0 Å². The number of ether oxygens (including phenoxy) is 1. The van der Waals surface area contributed by atoms with Crippen LogP contribution in [0.2, 0.25) is 0 Å². The van der Waals surface area contributed by atoms with Crippen molar-refractivity contribution in [1.29, 1.82) is 0 Å². The van der Waals surface area contributed by atoms with E-state index in [9.17, 15) is 4.79 Å². The summed E-state index contributed by atoms with van der Waals surface area (Å²) in [7, 11) is 1.71. The molecule has 1 N–H and O–H groups in total. The van der Waals surface area contributed by atoms with Crippen LogP contribution in [0.1, 0.15) is 29.6 Å². The molecule has 1 aromatic heterocycles. The van der Waals surface area contributed by atoms with Crippen LogP contribution in [0.3, 0.4) is 0 Å². The molecule has 0 aliphatic heterocycles. The van der Waals surface area contributed by atoms with Crippen molar-refractivity contribution >= 4 is 17.7 Å². The molecular weight excluding hydrogens is 262 g/mol. The minimum atomic E-state index is -0.116. The van der Waals surface area contributed by atoms with Crippen molar-refractivity contribution in [2.24, 2.45) is 5.41 Å².